The molecule has 2 aromatic heterocycles. The van der Waals surface area contributed by atoms with Crippen LogP contribution in [0.2, 0.25) is 0 Å². The van der Waals surface area contributed by atoms with E-state index in [0.717, 1.165) is 11.3 Å². The van der Waals surface area contributed by atoms with Gasteiger partial charge in [-0.15, -0.1) is 11.3 Å². The highest BCUT2D eigenvalue weighted by Gasteiger charge is 2.23. The Bertz CT molecular complexity index is 992. The molecule has 0 saturated heterocycles. The Morgan fingerprint density at radius 2 is 1.93 bits per heavy atom. The van der Waals surface area contributed by atoms with Crippen molar-refractivity contribution < 1.29 is 32.3 Å². The number of ether oxygens (including phenoxy) is 2. The molecule has 0 saturated carbocycles. The Labute approximate surface area is 172 Å². The van der Waals surface area contributed by atoms with Gasteiger partial charge in [0.1, 0.15) is 9.90 Å². The number of sulfonamides is 1. The third-order valence-electron chi connectivity index (χ3n) is 3.94. The van der Waals surface area contributed by atoms with Crippen molar-refractivity contribution >= 4 is 39.1 Å². The van der Waals surface area contributed by atoms with Crippen molar-refractivity contribution in [1.29, 1.82) is 0 Å². The second-order valence-electron chi connectivity index (χ2n) is 6.01. The van der Waals surface area contributed by atoms with Gasteiger partial charge in [0.25, 0.3) is 0 Å². The Morgan fingerprint density at radius 3 is 2.55 bits per heavy atom. The summed E-state index contributed by atoms with van der Waals surface area (Å²) < 4.78 is 36.2. The van der Waals surface area contributed by atoms with Crippen LogP contribution >= 0.6 is 11.3 Å². The van der Waals surface area contributed by atoms with Crippen LogP contribution in [0.3, 0.4) is 0 Å². The molecule has 0 amide bonds. The van der Waals surface area contributed by atoms with Crippen LogP contribution in [0.25, 0.3) is 0 Å². The number of aryl methyl sites for hydroxylation is 1. The van der Waals surface area contributed by atoms with Crippen molar-refractivity contribution in [1.82, 2.24) is 9.71 Å². The van der Waals surface area contributed by atoms with E-state index in [1.54, 1.807) is 32.2 Å². The molecule has 2 rings (SSSR count). The Kier molecular flexibility index (Phi) is 7.71. The topological polar surface area (TPSA) is 132 Å². The van der Waals surface area contributed by atoms with E-state index in [4.69, 9.17) is 9.47 Å². The zero-order chi connectivity index (χ0) is 21.6. The van der Waals surface area contributed by atoms with E-state index in [0.29, 0.717) is 11.3 Å². The van der Waals surface area contributed by atoms with Crippen molar-refractivity contribution in [3.8, 4) is 0 Å². The quantitative estimate of drug-likeness (QED) is 0.425. The lowest BCUT2D eigenvalue weighted by atomic mass is 10.1. The maximum absolute atomic E-state index is 12.4. The first-order valence-corrected chi connectivity index (χ1v) is 11.1. The van der Waals surface area contributed by atoms with Gasteiger partial charge in [0, 0.05) is 17.8 Å². The Hall–Kier alpha value is -2.50. The van der Waals surface area contributed by atoms with Crippen LogP contribution < -0.4 is 4.72 Å². The number of nitrogens with one attached hydrogen (secondary N) is 2. The van der Waals surface area contributed by atoms with E-state index in [-0.39, 0.29) is 35.0 Å². The Balaban J connectivity index is 1.87. The molecule has 2 aromatic rings. The average molecular weight is 443 g/mol. The predicted molar refractivity (Wildman–Crippen MR) is 106 cm³/mol. The first-order chi connectivity index (χ1) is 13.7. The number of carbonyl (C=O) groups is 3. The molecule has 2 heterocycles. The number of carbonyl (C=O) groups excluding carboxylic acids is 3. The summed E-state index contributed by atoms with van der Waals surface area (Å²) in [4.78, 5) is 39.0. The molecule has 0 atom stereocenters. The first-order valence-electron chi connectivity index (χ1n) is 8.75. The minimum absolute atomic E-state index is 0.150. The van der Waals surface area contributed by atoms with Gasteiger partial charge >= 0.3 is 11.9 Å². The normalized spacial score (nSPS) is 11.3. The summed E-state index contributed by atoms with van der Waals surface area (Å²) in [5.74, 6) is -1.76. The molecule has 0 radical (unpaired) electrons. The van der Waals surface area contributed by atoms with Gasteiger partial charge in [-0.1, -0.05) is 6.07 Å². The molecule has 0 aromatic carbocycles. The van der Waals surface area contributed by atoms with Crippen molar-refractivity contribution in [2.45, 2.75) is 31.4 Å². The number of aromatic nitrogens is 1. The summed E-state index contributed by atoms with van der Waals surface area (Å²) in [6.45, 7) is 4.44. The van der Waals surface area contributed by atoms with Crippen LogP contribution in [-0.4, -0.2) is 50.9 Å². The highest BCUT2D eigenvalue weighted by atomic mass is 32.2. The van der Waals surface area contributed by atoms with Gasteiger partial charge in [0.2, 0.25) is 15.8 Å². The summed E-state index contributed by atoms with van der Waals surface area (Å²) in [6.07, 6.45) is -0.225. The molecule has 0 aliphatic carbocycles. The molecule has 0 aliphatic heterocycles. The van der Waals surface area contributed by atoms with E-state index in [9.17, 15) is 22.8 Å². The fourth-order valence-electron chi connectivity index (χ4n) is 2.64. The van der Waals surface area contributed by atoms with Crippen LogP contribution in [0.15, 0.2) is 21.7 Å². The number of Topliss-reactive ketones (excluding diaryl/α,β-unsaturated/α-hetero) is 1. The number of H-pyrrole nitrogens is 1. The molecule has 11 heteroatoms. The number of ketones is 1. The van der Waals surface area contributed by atoms with Crippen molar-refractivity contribution in [2.24, 2.45) is 0 Å². The molecule has 0 bridgehead atoms. The van der Waals surface area contributed by atoms with Gasteiger partial charge in [-0.2, -0.15) is 0 Å². The van der Waals surface area contributed by atoms with Crippen LogP contribution in [-0.2, 0) is 24.3 Å². The highest BCUT2D eigenvalue weighted by Crippen LogP contribution is 2.20. The number of hydrogen-bond donors (Lipinski definition) is 2. The van der Waals surface area contributed by atoms with Gasteiger partial charge in [-0.25, -0.2) is 17.9 Å². The number of esters is 2. The fraction of sp³-hybridized carbons (Fsp3) is 0.389. The van der Waals surface area contributed by atoms with Gasteiger partial charge in [-0.05, 0) is 37.8 Å². The van der Waals surface area contributed by atoms with Crippen LogP contribution in [0.4, 0.5) is 0 Å². The highest BCUT2D eigenvalue weighted by molar-refractivity contribution is 7.91. The van der Waals surface area contributed by atoms with Crippen LogP contribution in [0.5, 0.6) is 0 Å². The molecule has 9 nitrogen and oxygen atoms in total. The number of rotatable bonds is 10. The van der Waals surface area contributed by atoms with Gasteiger partial charge in [0.05, 0.1) is 13.0 Å². The lowest BCUT2D eigenvalue weighted by Crippen LogP contribution is -2.26. The summed E-state index contributed by atoms with van der Waals surface area (Å²) >= 11 is 1.06. The summed E-state index contributed by atoms with van der Waals surface area (Å²) in [7, 11) is -3.66. The maximum atomic E-state index is 12.4. The summed E-state index contributed by atoms with van der Waals surface area (Å²) in [5.41, 5.74) is 1.34. The Morgan fingerprint density at radius 1 is 1.21 bits per heavy atom. The fourth-order valence-corrected chi connectivity index (χ4v) is 4.71. The SMILES string of the molecule is CCOC(=O)c1[nH]c(C)c(C(=O)COC(=O)CCNS(=O)(=O)c2cccs2)c1C. The summed E-state index contributed by atoms with van der Waals surface area (Å²) in [5, 5.41) is 1.63. The van der Waals surface area contributed by atoms with E-state index in [1.807, 2.05) is 0 Å². The zero-order valence-corrected chi connectivity index (χ0v) is 17.9. The zero-order valence-electron chi connectivity index (χ0n) is 16.2. The maximum Gasteiger partial charge on any atom is 0.355 e. The average Bonchev–Trinajstić information content (AvgIpc) is 3.29. The molecule has 0 spiro atoms. The predicted octanol–water partition coefficient (Wildman–Crippen LogP) is 1.96. The van der Waals surface area contributed by atoms with Crippen LogP contribution in [0.1, 0.15) is 45.4 Å². The van der Waals surface area contributed by atoms with Gasteiger partial charge in [-0.3, -0.25) is 9.59 Å². The summed E-state index contributed by atoms with van der Waals surface area (Å²) in [6, 6.07) is 3.06. The third kappa shape index (κ3) is 5.75. The number of hydrogen-bond acceptors (Lipinski definition) is 8. The van der Waals surface area contributed by atoms with Gasteiger partial charge < -0.3 is 14.5 Å². The van der Waals surface area contributed by atoms with E-state index in [2.05, 4.69) is 9.71 Å². The van der Waals surface area contributed by atoms with E-state index >= 15 is 0 Å². The largest absolute Gasteiger partial charge is 0.461 e. The third-order valence-corrected chi connectivity index (χ3v) is 6.80. The van der Waals surface area contributed by atoms with Crippen molar-refractivity contribution in [2.75, 3.05) is 19.8 Å². The van der Waals surface area contributed by atoms with E-state index < -0.39 is 34.4 Å². The lowest BCUT2D eigenvalue weighted by molar-refractivity contribution is -0.142. The molecule has 158 valence electrons. The van der Waals surface area contributed by atoms with Crippen molar-refractivity contribution in [3.05, 3.63) is 40.0 Å². The minimum atomic E-state index is -3.66. The monoisotopic (exact) mass is 442 g/mol. The van der Waals surface area contributed by atoms with E-state index in [1.165, 1.54) is 6.07 Å². The molecule has 2 N–H and O–H groups in total. The number of aromatic amines is 1. The lowest BCUT2D eigenvalue weighted by Gasteiger charge is -2.06. The standard InChI is InChI=1S/C18H22N2O7S2/c1-4-26-18(23)17-11(2)16(12(3)20-17)13(21)10-27-14(22)7-8-19-29(24,25)15-6-5-9-28-15/h5-6,9,19-20H,4,7-8,10H2,1-3H3. The smallest absolute Gasteiger partial charge is 0.355 e. The van der Waals surface area contributed by atoms with Crippen LogP contribution in [0, 0.1) is 13.8 Å². The van der Waals surface area contributed by atoms with Gasteiger partial charge in [0.15, 0.2) is 6.61 Å². The minimum Gasteiger partial charge on any atom is -0.461 e. The second-order valence-corrected chi connectivity index (χ2v) is 8.95. The molecule has 0 fully saturated rings. The second kappa shape index (κ2) is 9.81. The van der Waals surface area contributed by atoms with Crippen molar-refractivity contribution in [3.63, 3.8) is 0 Å². The molecule has 0 unspecified atom stereocenters. The molecular formula is C18H22N2O7S2. The number of thiophene rings is 1. The molecule has 29 heavy (non-hydrogen) atoms. The molecular weight excluding hydrogens is 420 g/mol. The first kappa shape index (κ1) is 22.8. The molecule has 0 aliphatic rings.